The first-order valence-electron chi connectivity index (χ1n) is 10.0. The number of rotatable bonds is 5. The molecule has 0 aromatic heterocycles. The summed E-state index contributed by atoms with van der Waals surface area (Å²) in [5.41, 5.74) is 6.80. The zero-order valence-corrected chi connectivity index (χ0v) is 17.5. The minimum Gasteiger partial charge on any atom is -0.507 e. The van der Waals surface area contributed by atoms with E-state index in [0.29, 0.717) is 11.5 Å². The second-order valence-electron chi connectivity index (χ2n) is 7.80. The van der Waals surface area contributed by atoms with E-state index in [9.17, 15) is 10.2 Å². The van der Waals surface area contributed by atoms with Gasteiger partial charge in [-0.15, -0.1) is 0 Å². The number of aromatic hydroxyl groups is 2. The van der Waals surface area contributed by atoms with Crippen molar-refractivity contribution in [3.8, 4) is 11.5 Å². The van der Waals surface area contributed by atoms with E-state index in [0.717, 1.165) is 46.2 Å². The molecule has 3 rings (SSSR count). The van der Waals surface area contributed by atoms with E-state index in [1.165, 1.54) is 5.56 Å². The van der Waals surface area contributed by atoms with Crippen molar-refractivity contribution in [2.45, 2.75) is 52.9 Å². The Hall–Kier alpha value is -2.74. The van der Waals surface area contributed by atoms with Crippen LogP contribution in [0.3, 0.4) is 0 Å². The maximum Gasteiger partial charge on any atom is 0.121 e. The zero-order valence-electron chi connectivity index (χ0n) is 17.5. The highest BCUT2D eigenvalue weighted by atomic mass is 16.3. The molecule has 2 N–H and O–H groups in total. The molecule has 0 bridgehead atoms. The Kier molecular flexibility index (Phi) is 5.51. The summed E-state index contributed by atoms with van der Waals surface area (Å²) in [5, 5.41) is 20.9. The van der Waals surface area contributed by atoms with Crippen LogP contribution in [0.4, 0.5) is 0 Å². The van der Waals surface area contributed by atoms with E-state index in [4.69, 9.17) is 0 Å². The summed E-state index contributed by atoms with van der Waals surface area (Å²) in [6.45, 7) is 10.3. The van der Waals surface area contributed by atoms with Crippen LogP contribution in [0.15, 0.2) is 54.6 Å². The fourth-order valence-electron chi connectivity index (χ4n) is 4.09. The molecule has 3 aromatic carbocycles. The molecule has 0 aliphatic heterocycles. The van der Waals surface area contributed by atoms with E-state index in [1.54, 1.807) is 0 Å². The topological polar surface area (TPSA) is 40.5 Å². The van der Waals surface area contributed by atoms with Crippen LogP contribution in [0.1, 0.15) is 59.7 Å². The maximum atomic E-state index is 10.5. The molecule has 2 heteroatoms. The van der Waals surface area contributed by atoms with E-state index in [-0.39, 0.29) is 0 Å². The molecular formula is C26H30O2. The molecule has 0 fully saturated rings. The van der Waals surface area contributed by atoms with Gasteiger partial charge in [0.15, 0.2) is 0 Å². The molecule has 146 valence electrons. The Morgan fingerprint density at radius 3 is 1.50 bits per heavy atom. The second kappa shape index (κ2) is 7.71. The summed E-state index contributed by atoms with van der Waals surface area (Å²) in [6, 6.07) is 18.9. The zero-order chi connectivity index (χ0) is 20.5. The van der Waals surface area contributed by atoms with Gasteiger partial charge in [0.05, 0.1) is 0 Å². The summed E-state index contributed by atoms with van der Waals surface area (Å²) in [5.74, 6) is 0.774. The average molecular weight is 375 g/mol. The van der Waals surface area contributed by atoms with Crippen molar-refractivity contribution in [3.05, 3.63) is 93.5 Å². The molecule has 0 heterocycles. The van der Waals surface area contributed by atoms with Crippen molar-refractivity contribution in [1.29, 1.82) is 0 Å². The maximum absolute atomic E-state index is 10.5. The van der Waals surface area contributed by atoms with E-state index < -0.39 is 5.41 Å². The van der Waals surface area contributed by atoms with Crippen LogP contribution in [0.5, 0.6) is 11.5 Å². The molecule has 28 heavy (non-hydrogen) atoms. The van der Waals surface area contributed by atoms with E-state index >= 15 is 0 Å². The van der Waals surface area contributed by atoms with Crippen molar-refractivity contribution in [1.82, 2.24) is 0 Å². The van der Waals surface area contributed by atoms with Crippen molar-refractivity contribution in [2.75, 3.05) is 0 Å². The quantitative estimate of drug-likeness (QED) is 0.522. The molecule has 0 saturated carbocycles. The van der Waals surface area contributed by atoms with Gasteiger partial charge in [0.2, 0.25) is 0 Å². The van der Waals surface area contributed by atoms with E-state index in [1.807, 2.05) is 19.9 Å². The molecule has 0 unspecified atom stereocenters. The van der Waals surface area contributed by atoms with Gasteiger partial charge in [-0.2, -0.15) is 0 Å². The van der Waals surface area contributed by atoms with E-state index in [2.05, 4.69) is 69.3 Å². The second-order valence-corrected chi connectivity index (χ2v) is 7.80. The lowest BCUT2D eigenvalue weighted by Crippen LogP contribution is -2.26. The van der Waals surface area contributed by atoms with Crippen LogP contribution in [-0.4, -0.2) is 10.2 Å². The highest BCUT2D eigenvalue weighted by molar-refractivity contribution is 5.57. The molecule has 0 aliphatic rings. The first-order chi connectivity index (χ1) is 13.3. The predicted molar refractivity (Wildman–Crippen MR) is 116 cm³/mol. The lowest BCUT2D eigenvalue weighted by molar-refractivity contribution is 0.463. The van der Waals surface area contributed by atoms with Gasteiger partial charge in [0.25, 0.3) is 0 Å². The van der Waals surface area contributed by atoms with Gasteiger partial charge in [0, 0.05) is 5.41 Å². The number of aryl methyl sites for hydroxylation is 4. The Labute approximate surface area is 168 Å². The number of benzene rings is 3. The number of phenolic OH excluding ortho intramolecular Hbond substituents is 2. The van der Waals surface area contributed by atoms with Gasteiger partial charge >= 0.3 is 0 Å². The summed E-state index contributed by atoms with van der Waals surface area (Å²) < 4.78 is 0. The molecule has 0 spiro atoms. The number of hydrogen-bond donors (Lipinski definition) is 2. The third-order valence-corrected chi connectivity index (χ3v) is 6.03. The van der Waals surface area contributed by atoms with Gasteiger partial charge in [-0.3, -0.25) is 0 Å². The number of phenols is 2. The van der Waals surface area contributed by atoms with Gasteiger partial charge in [-0.25, -0.2) is 0 Å². The Morgan fingerprint density at radius 1 is 0.679 bits per heavy atom. The summed E-state index contributed by atoms with van der Waals surface area (Å²) in [4.78, 5) is 0. The van der Waals surface area contributed by atoms with Crippen LogP contribution < -0.4 is 0 Å². The average Bonchev–Trinajstić information content (AvgIpc) is 2.71. The number of hydrogen-bond acceptors (Lipinski definition) is 2. The van der Waals surface area contributed by atoms with Crippen molar-refractivity contribution < 1.29 is 10.2 Å². The van der Waals surface area contributed by atoms with Crippen molar-refractivity contribution in [2.24, 2.45) is 0 Å². The fourth-order valence-corrected chi connectivity index (χ4v) is 4.09. The van der Waals surface area contributed by atoms with Crippen LogP contribution in [0, 0.1) is 13.8 Å². The summed E-state index contributed by atoms with van der Waals surface area (Å²) in [7, 11) is 0. The Bertz CT molecular complexity index is 928. The molecular weight excluding hydrogens is 344 g/mol. The van der Waals surface area contributed by atoms with Gasteiger partial charge in [-0.05, 0) is 72.6 Å². The van der Waals surface area contributed by atoms with Crippen molar-refractivity contribution in [3.63, 3.8) is 0 Å². The monoisotopic (exact) mass is 374 g/mol. The lowest BCUT2D eigenvalue weighted by atomic mass is 9.69. The Balaban J connectivity index is 2.36. The summed E-state index contributed by atoms with van der Waals surface area (Å²) in [6.07, 6.45) is 1.56. The third kappa shape index (κ3) is 3.28. The minimum atomic E-state index is -0.397. The highest BCUT2D eigenvalue weighted by Gasteiger charge is 2.33. The summed E-state index contributed by atoms with van der Waals surface area (Å²) >= 11 is 0. The smallest absolute Gasteiger partial charge is 0.121 e. The van der Waals surface area contributed by atoms with Crippen molar-refractivity contribution >= 4 is 0 Å². The molecule has 0 saturated heterocycles. The molecule has 0 amide bonds. The molecule has 0 radical (unpaired) electrons. The molecule has 2 nitrogen and oxygen atoms in total. The van der Waals surface area contributed by atoms with Gasteiger partial charge in [-0.1, -0.05) is 68.4 Å². The first kappa shape index (κ1) is 20.0. The Morgan fingerprint density at radius 2 is 1.11 bits per heavy atom. The lowest BCUT2D eigenvalue weighted by Gasteiger charge is -2.33. The fraction of sp³-hybridized carbons (Fsp3) is 0.308. The highest BCUT2D eigenvalue weighted by Crippen LogP contribution is 2.43. The van der Waals surface area contributed by atoms with Crippen LogP contribution >= 0.6 is 0 Å². The predicted octanol–water partition coefficient (Wildman–Crippen LogP) is 6.19. The SMILES string of the molecule is CCc1cc(C(C)(c2ccccc2)c2cc(C)c(O)c(CC)c2)cc(C)c1O. The molecule has 3 aromatic rings. The third-order valence-electron chi connectivity index (χ3n) is 6.03. The van der Waals surface area contributed by atoms with Crippen LogP contribution in [0.25, 0.3) is 0 Å². The largest absolute Gasteiger partial charge is 0.507 e. The standard InChI is InChI=1S/C26H30O2/c1-6-19-15-22(13-17(3)24(19)27)26(5,21-11-9-8-10-12-21)23-14-18(4)25(28)20(7-2)16-23/h8-16,27-28H,6-7H2,1-5H3. The molecule has 0 atom stereocenters. The minimum absolute atomic E-state index is 0.387. The normalized spacial score (nSPS) is 11.6. The van der Waals surface area contributed by atoms with Gasteiger partial charge in [0.1, 0.15) is 11.5 Å². The first-order valence-corrected chi connectivity index (χ1v) is 10.0. The van der Waals surface area contributed by atoms with Crippen LogP contribution in [0.2, 0.25) is 0 Å². The van der Waals surface area contributed by atoms with Crippen LogP contribution in [-0.2, 0) is 18.3 Å². The molecule has 0 aliphatic carbocycles. The van der Waals surface area contributed by atoms with Gasteiger partial charge < -0.3 is 10.2 Å².